The third-order valence-electron chi connectivity index (χ3n) is 3.11. The average molecular weight is 277 g/mol. The molecule has 0 aliphatic heterocycles. The first kappa shape index (κ1) is 14.0. The van der Waals surface area contributed by atoms with Gasteiger partial charge in [-0.05, 0) is 36.2 Å². The van der Waals surface area contributed by atoms with Gasteiger partial charge in [0.25, 0.3) is 0 Å². The van der Waals surface area contributed by atoms with Crippen molar-refractivity contribution in [3.63, 3.8) is 0 Å². The zero-order chi connectivity index (χ0) is 13.9. The molecule has 0 amide bonds. The molecule has 2 rings (SSSR count). The number of fused-ring (bicyclic) bond motifs is 1. The number of benzene rings is 2. The Morgan fingerprint density at radius 3 is 2.47 bits per heavy atom. The maximum absolute atomic E-state index is 12.2. The highest BCUT2D eigenvalue weighted by Gasteiger charge is 2.16. The third-order valence-corrected chi connectivity index (χ3v) is 4.70. The van der Waals surface area contributed by atoms with Gasteiger partial charge >= 0.3 is 0 Å². The summed E-state index contributed by atoms with van der Waals surface area (Å²) in [6.45, 7) is 3.93. The SMILES string of the molecule is CCC[C@@H](C)NS(=O)(=O)c1ccc2ccccc2c1. The first-order chi connectivity index (χ1) is 9.03. The zero-order valence-electron chi connectivity index (χ0n) is 11.3. The van der Waals surface area contributed by atoms with Crippen LogP contribution in [-0.4, -0.2) is 14.5 Å². The second-order valence-electron chi connectivity index (χ2n) is 4.82. The van der Waals surface area contributed by atoms with Gasteiger partial charge in [0.1, 0.15) is 0 Å². The van der Waals surface area contributed by atoms with E-state index in [2.05, 4.69) is 4.72 Å². The standard InChI is InChI=1S/C15H19NO2S/c1-3-6-12(2)16-19(17,18)15-10-9-13-7-4-5-8-14(13)11-15/h4-5,7-12,16H,3,6H2,1-2H3/t12-/m1/s1. The van der Waals surface area contributed by atoms with E-state index in [4.69, 9.17) is 0 Å². The highest BCUT2D eigenvalue weighted by molar-refractivity contribution is 7.89. The summed E-state index contributed by atoms with van der Waals surface area (Å²) >= 11 is 0. The van der Waals surface area contributed by atoms with Crippen molar-refractivity contribution >= 4 is 20.8 Å². The van der Waals surface area contributed by atoms with Crippen molar-refractivity contribution in [2.45, 2.75) is 37.6 Å². The first-order valence-electron chi connectivity index (χ1n) is 6.54. The predicted octanol–water partition coefficient (Wildman–Crippen LogP) is 3.31. The number of hydrogen-bond acceptors (Lipinski definition) is 2. The second-order valence-corrected chi connectivity index (χ2v) is 6.53. The lowest BCUT2D eigenvalue weighted by Gasteiger charge is -2.13. The molecule has 0 aliphatic rings. The summed E-state index contributed by atoms with van der Waals surface area (Å²) in [4.78, 5) is 0.328. The molecule has 0 unspecified atom stereocenters. The van der Waals surface area contributed by atoms with Gasteiger partial charge in [-0.25, -0.2) is 13.1 Å². The van der Waals surface area contributed by atoms with Gasteiger partial charge in [-0.1, -0.05) is 43.7 Å². The van der Waals surface area contributed by atoms with E-state index in [1.807, 2.05) is 44.2 Å². The van der Waals surface area contributed by atoms with E-state index in [0.29, 0.717) is 4.90 Å². The van der Waals surface area contributed by atoms with E-state index in [9.17, 15) is 8.42 Å². The quantitative estimate of drug-likeness (QED) is 0.911. The van der Waals surface area contributed by atoms with Crippen molar-refractivity contribution in [3.05, 3.63) is 42.5 Å². The van der Waals surface area contributed by atoms with Crippen LogP contribution < -0.4 is 4.72 Å². The number of rotatable bonds is 5. The predicted molar refractivity (Wildman–Crippen MR) is 78.6 cm³/mol. The van der Waals surface area contributed by atoms with Crippen LogP contribution in [0.3, 0.4) is 0 Å². The van der Waals surface area contributed by atoms with E-state index in [1.54, 1.807) is 12.1 Å². The molecule has 1 N–H and O–H groups in total. The molecular weight excluding hydrogens is 258 g/mol. The fourth-order valence-electron chi connectivity index (χ4n) is 2.16. The zero-order valence-corrected chi connectivity index (χ0v) is 12.1. The number of nitrogens with one attached hydrogen (secondary N) is 1. The average Bonchev–Trinajstić information content (AvgIpc) is 2.37. The molecule has 102 valence electrons. The molecule has 3 nitrogen and oxygen atoms in total. The molecule has 2 aromatic carbocycles. The van der Waals surface area contributed by atoms with E-state index in [0.717, 1.165) is 23.6 Å². The molecule has 1 atom stereocenters. The van der Waals surface area contributed by atoms with Gasteiger partial charge in [0.15, 0.2) is 0 Å². The molecule has 0 fully saturated rings. The Hall–Kier alpha value is -1.39. The molecule has 0 saturated heterocycles. The molecule has 0 saturated carbocycles. The summed E-state index contributed by atoms with van der Waals surface area (Å²) in [5.41, 5.74) is 0. The van der Waals surface area contributed by atoms with Gasteiger partial charge in [-0.2, -0.15) is 0 Å². The molecule has 0 bridgehead atoms. The second kappa shape index (κ2) is 5.72. The van der Waals surface area contributed by atoms with E-state index in [1.165, 1.54) is 0 Å². The Bertz CT molecular complexity index is 665. The summed E-state index contributed by atoms with van der Waals surface area (Å²) in [5, 5.41) is 1.98. The van der Waals surface area contributed by atoms with E-state index < -0.39 is 10.0 Å². The Morgan fingerprint density at radius 2 is 1.79 bits per heavy atom. The fraction of sp³-hybridized carbons (Fsp3) is 0.333. The highest BCUT2D eigenvalue weighted by atomic mass is 32.2. The molecule has 0 aromatic heterocycles. The molecule has 4 heteroatoms. The van der Waals surface area contributed by atoms with Crippen LogP contribution in [0.25, 0.3) is 10.8 Å². The minimum atomic E-state index is -3.42. The lowest BCUT2D eigenvalue weighted by molar-refractivity contribution is 0.544. The lowest BCUT2D eigenvalue weighted by Crippen LogP contribution is -2.32. The summed E-state index contributed by atoms with van der Waals surface area (Å²) in [5.74, 6) is 0. The van der Waals surface area contributed by atoms with Crippen molar-refractivity contribution in [1.29, 1.82) is 0 Å². The van der Waals surface area contributed by atoms with Crippen LogP contribution in [0.2, 0.25) is 0 Å². The first-order valence-corrected chi connectivity index (χ1v) is 8.02. The largest absolute Gasteiger partial charge is 0.240 e. The Morgan fingerprint density at radius 1 is 1.11 bits per heavy atom. The van der Waals surface area contributed by atoms with Gasteiger partial charge in [-0.15, -0.1) is 0 Å². The highest BCUT2D eigenvalue weighted by Crippen LogP contribution is 2.19. The van der Waals surface area contributed by atoms with Gasteiger partial charge < -0.3 is 0 Å². The van der Waals surface area contributed by atoms with Gasteiger partial charge in [0.05, 0.1) is 4.90 Å². The van der Waals surface area contributed by atoms with Crippen molar-refractivity contribution in [2.24, 2.45) is 0 Å². The lowest BCUT2D eigenvalue weighted by atomic mass is 10.1. The Balaban J connectivity index is 2.32. The van der Waals surface area contributed by atoms with Crippen LogP contribution in [0.5, 0.6) is 0 Å². The number of sulfonamides is 1. The fourth-order valence-corrected chi connectivity index (χ4v) is 3.47. The van der Waals surface area contributed by atoms with Crippen LogP contribution in [0.4, 0.5) is 0 Å². The van der Waals surface area contributed by atoms with Crippen LogP contribution in [-0.2, 0) is 10.0 Å². The molecule has 0 aliphatic carbocycles. The molecule has 0 heterocycles. The van der Waals surface area contributed by atoms with E-state index >= 15 is 0 Å². The summed E-state index contributed by atoms with van der Waals surface area (Å²) in [7, 11) is -3.42. The monoisotopic (exact) mass is 277 g/mol. The van der Waals surface area contributed by atoms with Gasteiger partial charge in [0.2, 0.25) is 10.0 Å². The minimum Gasteiger partial charge on any atom is -0.208 e. The number of hydrogen-bond donors (Lipinski definition) is 1. The van der Waals surface area contributed by atoms with Crippen LogP contribution in [0.1, 0.15) is 26.7 Å². The molecule has 0 spiro atoms. The third kappa shape index (κ3) is 3.33. The van der Waals surface area contributed by atoms with Gasteiger partial charge in [0, 0.05) is 6.04 Å². The minimum absolute atomic E-state index is 0.0403. The molecular formula is C15H19NO2S. The van der Waals surface area contributed by atoms with Crippen molar-refractivity contribution in [1.82, 2.24) is 4.72 Å². The van der Waals surface area contributed by atoms with Crippen molar-refractivity contribution in [3.8, 4) is 0 Å². The molecule has 19 heavy (non-hydrogen) atoms. The summed E-state index contributed by atoms with van der Waals surface area (Å²) in [6.07, 6.45) is 1.80. The maximum atomic E-state index is 12.2. The summed E-state index contributed by atoms with van der Waals surface area (Å²) in [6, 6.07) is 12.9. The van der Waals surface area contributed by atoms with Crippen LogP contribution in [0, 0.1) is 0 Å². The smallest absolute Gasteiger partial charge is 0.208 e. The maximum Gasteiger partial charge on any atom is 0.240 e. The van der Waals surface area contributed by atoms with Crippen molar-refractivity contribution in [2.75, 3.05) is 0 Å². The van der Waals surface area contributed by atoms with E-state index in [-0.39, 0.29) is 6.04 Å². The molecule has 2 aromatic rings. The van der Waals surface area contributed by atoms with Crippen LogP contribution >= 0.6 is 0 Å². The topological polar surface area (TPSA) is 46.2 Å². The Labute approximate surface area is 114 Å². The van der Waals surface area contributed by atoms with Crippen LogP contribution in [0.15, 0.2) is 47.4 Å². The normalized spacial score (nSPS) is 13.6. The Kier molecular flexibility index (Phi) is 4.22. The van der Waals surface area contributed by atoms with Gasteiger partial charge in [-0.3, -0.25) is 0 Å². The summed E-state index contributed by atoms with van der Waals surface area (Å²) < 4.78 is 27.2. The molecule has 0 radical (unpaired) electrons. The van der Waals surface area contributed by atoms with Crippen molar-refractivity contribution < 1.29 is 8.42 Å².